The summed E-state index contributed by atoms with van der Waals surface area (Å²) in [6, 6.07) is 0. The first-order chi connectivity index (χ1) is 6.12. The number of nitrogens with two attached hydrogens (primary N) is 2. The molecule has 0 aromatic rings. The Morgan fingerprint density at radius 1 is 1.08 bits per heavy atom. The van der Waals surface area contributed by atoms with Gasteiger partial charge in [-0.05, 0) is 55.4 Å². The molecule has 80 valence electrons. The average Bonchev–Trinajstić information content (AvgIpc) is 2.05. The van der Waals surface area contributed by atoms with Gasteiger partial charge in [-0.3, -0.25) is 0 Å². The van der Waals surface area contributed by atoms with Crippen molar-refractivity contribution in [3.63, 3.8) is 0 Å². The van der Waals surface area contributed by atoms with Crippen LogP contribution in [0.25, 0.3) is 0 Å². The molecule has 0 saturated carbocycles. The Balaban J connectivity index is 3.42. The molecule has 5 heteroatoms. The second-order valence-corrected chi connectivity index (χ2v) is 4.78. The van der Waals surface area contributed by atoms with Gasteiger partial charge in [0.2, 0.25) is 3.79 Å². The molecule has 0 aromatic heterocycles. The van der Waals surface area contributed by atoms with Gasteiger partial charge < -0.3 is 20.9 Å². The van der Waals surface area contributed by atoms with E-state index < -0.39 is 3.79 Å². The second-order valence-electron chi connectivity index (χ2n) is 2.82. The van der Waals surface area contributed by atoms with Gasteiger partial charge in [0.15, 0.2) is 0 Å². The first-order valence-electron chi connectivity index (χ1n) is 4.49. The van der Waals surface area contributed by atoms with E-state index in [0.29, 0.717) is 26.3 Å². The van der Waals surface area contributed by atoms with E-state index in [0.717, 1.165) is 12.8 Å². The average molecular weight is 302 g/mol. The third-order valence-electron chi connectivity index (χ3n) is 1.42. The van der Waals surface area contributed by atoms with Crippen LogP contribution < -0.4 is 11.5 Å². The van der Waals surface area contributed by atoms with Gasteiger partial charge in [0, 0.05) is 0 Å². The Morgan fingerprint density at radius 2 is 1.46 bits per heavy atom. The van der Waals surface area contributed by atoms with Gasteiger partial charge in [0.05, 0.1) is 13.2 Å². The van der Waals surface area contributed by atoms with Crippen molar-refractivity contribution in [1.82, 2.24) is 0 Å². The fraction of sp³-hybridized carbons (Fsp3) is 1.00. The molecule has 0 bridgehead atoms. The zero-order valence-electron chi connectivity index (χ0n) is 8.09. The minimum absolute atomic E-state index is 0.540. The van der Waals surface area contributed by atoms with Gasteiger partial charge >= 0.3 is 0 Å². The van der Waals surface area contributed by atoms with Gasteiger partial charge in [-0.15, -0.1) is 0 Å². The van der Waals surface area contributed by atoms with E-state index in [9.17, 15) is 0 Å². The monoisotopic (exact) mass is 302 g/mol. The van der Waals surface area contributed by atoms with Crippen molar-refractivity contribution in [3.05, 3.63) is 0 Å². The molecular weight excluding hydrogens is 283 g/mol. The lowest BCUT2D eigenvalue weighted by Crippen LogP contribution is -2.26. The fourth-order valence-electron chi connectivity index (χ4n) is 0.717. The summed E-state index contributed by atoms with van der Waals surface area (Å²) in [5.74, 6) is 0. The molecule has 0 heterocycles. The zero-order valence-corrected chi connectivity index (χ0v) is 10.2. The van der Waals surface area contributed by atoms with Crippen LogP contribution in [0.1, 0.15) is 19.8 Å². The summed E-state index contributed by atoms with van der Waals surface area (Å²) in [7, 11) is 0. The molecule has 0 amide bonds. The smallest absolute Gasteiger partial charge is 0.218 e. The Hall–Kier alpha value is 0.570. The molecule has 0 aliphatic carbocycles. The Bertz CT molecular complexity index is 111. The van der Waals surface area contributed by atoms with Crippen LogP contribution >= 0.6 is 22.6 Å². The molecule has 0 spiro atoms. The maximum Gasteiger partial charge on any atom is 0.218 e. The lowest BCUT2D eigenvalue weighted by molar-refractivity contribution is -0.145. The van der Waals surface area contributed by atoms with E-state index in [4.69, 9.17) is 20.9 Å². The lowest BCUT2D eigenvalue weighted by atomic mass is 10.4. The fourth-order valence-corrected chi connectivity index (χ4v) is 1.16. The highest BCUT2D eigenvalue weighted by Gasteiger charge is 2.20. The third-order valence-corrected chi connectivity index (χ3v) is 2.04. The highest BCUT2D eigenvalue weighted by atomic mass is 127. The summed E-state index contributed by atoms with van der Waals surface area (Å²) in [6.45, 7) is 4.46. The van der Waals surface area contributed by atoms with Crippen LogP contribution in [0, 0.1) is 0 Å². The van der Waals surface area contributed by atoms with Crippen LogP contribution in [-0.2, 0) is 9.47 Å². The maximum absolute atomic E-state index is 5.46. The minimum atomic E-state index is -0.540. The lowest BCUT2D eigenvalue weighted by Gasteiger charge is -2.23. The van der Waals surface area contributed by atoms with Crippen LogP contribution in [0.2, 0.25) is 0 Å². The number of rotatable bonds is 8. The molecule has 4 nitrogen and oxygen atoms in total. The quantitative estimate of drug-likeness (QED) is 0.301. The normalized spacial score (nSPS) is 12.0. The van der Waals surface area contributed by atoms with E-state index >= 15 is 0 Å². The van der Waals surface area contributed by atoms with Crippen molar-refractivity contribution >= 4 is 22.6 Å². The maximum atomic E-state index is 5.46. The van der Waals surface area contributed by atoms with E-state index in [1.54, 1.807) is 0 Å². The Kier molecular flexibility index (Phi) is 8.27. The molecule has 0 radical (unpaired) electrons. The molecule has 0 fully saturated rings. The molecule has 0 unspecified atom stereocenters. The minimum Gasteiger partial charge on any atom is -0.342 e. The Morgan fingerprint density at radius 3 is 1.77 bits per heavy atom. The van der Waals surface area contributed by atoms with Crippen molar-refractivity contribution < 1.29 is 9.47 Å². The topological polar surface area (TPSA) is 70.5 Å². The van der Waals surface area contributed by atoms with E-state index in [-0.39, 0.29) is 0 Å². The van der Waals surface area contributed by atoms with Crippen molar-refractivity contribution in [3.8, 4) is 0 Å². The second kappa shape index (κ2) is 7.93. The van der Waals surface area contributed by atoms with Crippen LogP contribution in [0.15, 0.2) is 0 Å². The number of hydrogen-bond acceptors (Lipinski definition) is 4. The van der Waals surface area contributed by atoms with E-state index in [1.807, 2.05) is 6.92 Å². The Labute approximate surface area is 93.5 Å². The number of ether oxygens (including phenoxy) is 2. The van der Waals surface area contributed by atoms with Crippen molar-refractivity contribution in [2.45, 2.75) is 23.6 Å². The van der Waals surface area contributed by atoms with Crippen LogP contribution in [0.3, 0.4) is 0 Å². The highest BCUT2D eigenvalue weighted by molar-refractivity contribution is 14.1. The molecule has 0 aliphatic rings. The van der Waals surface area contributed by atoms with Crippen LogP contribution in [0.5, 0.6) is 0 Å². The number of alkyl halides is 1. The van der Waals surface area contributed by atoms with Crippen molar-refractivity contribution in [1.29, 1.82) is 0 Å². The molecule has 4 N–H and O–H groups in total. The summed E-state index contributed by atoms with van der Waals surface area (Å²) < 4.78 is 10.4. The van der Waals surface area contributed by atoms with Crippen molar-refractivity contribution in [2.75, 3.05) is 26.3 Å². The standard InChI is InChI=1S/C8H19IN2O2/c1-8(9,12-6-2-4-10)13-7-3-5-11/h2-7,10-11H2,1H3. The number of halogens is 1. The summed E-state index contributed by atoms with van der Waals surface area (Å²) in [4.78, 5) is 0. The zero-order chi connectivity index (χ0) is 10.2. The summed E-state index contributed by atoms with van der Waals surface area (Å²) in [6.07, 6.45) is 1.72. The van der Waals surface area contributed by atoms with Gasteiger partial charge in [-0.2, -0.15) is 0 Å². The predicted molar refractivity (Wildman–Crippen MR) is 61.7 cm³/mol. The molecule has 0 aromatic carbocycles. The molecule has 0 atom stereocenters. The highest BCUT2D eigenvalue weighted by Crippen LogP contribution is 2.21. The van der Waals surface area contributed by atoms with E-state index in [2.05, 4.69) is 22.6 Å². The molecule has 13 heavy (non-hydrogen) atoms. The first kappa shape index (κ1) is 13.6. The summed E-state index contributed by atoms with van der Waals surface area (Å²) in [5.41, 5.74) is 10.7. The summed E-state index contributed by atoms with van der Waals surface area (Å²) in [5, 5.41) is 0. The van der Waals surface area contributed by atoms with Gasteiger partial charge in [-0.25, -0.2) is 0 Å². The van der Waals surface area contributed by atoms with Gasteiger partial charge in [0.25, 0.3) is 0 Å². The first-order valence-corrected chi connectivity index (χ1v) is 5.57. The van der Waals surface area contributed by atoms with Crippen LogP contribution in [-0.4, -0.2) is 30.1 Å². The van der Waals surface area contributed by atoms with E-state index in [1.165, 1.54) is 0 Å². The third kappa shape index (κ3) is 8.89. The van der Waals surface area contributed by atoms with Crippen LogP contribution in [0.4, 0.5) is 0 Å². The van der Waals surface area contributed by atoms with Gasteiger partial charge in [0.1, 0.15) is 0 Å². The van der Waals surface area contributed by atoms with Gasteiger partial charge in [-0.1, -0.05) is 0 Å². The molecule has 0 aliphatic heterocycles. The molecule has 0 rings (SSSR count). The predicted octanol–water partition coefficient (Wildman–Crippen LogP) is 0.826. The number of hydrogen-bond donors (Lipinski definition) is 2. The SMILES string of the molecule is CC(I)(OCCCN)OCCCN. The largest absolute Gasteiger partial charge is 0.342 e. The van der Waals surface area contributed by atoms with Crippen molar-refractivity contribution in [2.24, 2.45) is 11.5 Å². The summed E-state index contributed by atoms with van der Waals surface area (Å²) >= 11 is 2.13. The molecular formula is C8H19IN2O2. The molecule has 0 saturated heterocycles.